The monoisotopic (exact) mass is 621 g/mol. The smallest absolute Gasteiger partial charge is 0.267 e. The summed E-state index contributed by atoms with van der Waals surface area (Å²) >= 11 is 6.55. The van der Waals surface area contributed by atoms with E-state index in [1.807, 2.05) is 61.5 Å². The van der Waals surface area contributed by atoms with Crippen LogP contribution in [-0.4, -0.2) is 57.7 Å². The van der Waals surface area contributed by atoms with Crippen molar-refractivity contribution in [2.75, 3.05) is 37.2 Å². The fraction of sp³-hybridized carbons (Fsp3) is 0.265. The summed E-state index contributed by atoms with van der Waals surface area (Å²) in [4.78, 5) is 48.2. The van der Waals surface area contributed by atoms with Gasteiger partial charge in [0, 0.05) is 20.1 Å². The number of anilines is 2. The van der Waals surface area contributed by atoms with Crippen molar-refractivity contribution in [1.82, 2.24) is 24.4 Å². The fourth-order valence-electron chi connectivity index (χ4n) is 6.41. The molecule has 2 aliphatic rings. The van der Waals surface area contributed by atoms with Gasteiger partial charge in [0.05, 0.1) is 41.4 Å². The van der Waals surface area contributed by atoms with Crippen molar-refractivity contribution in [3.05, 3.63) is 111 Å². The molecule has 7 rings (SSSR count). The van der Waals surface area contributed by atoms with Crippen molar-refractivity contribution < 1.29 is 9.53 Å². The molecule has 10 nitrogen and oxygen atoms in total. The van der Waals surface area contributed by atoms with Crippen molar-refractivity contribution in [3.8, 4) is 11.4 Å². The van der Waals surface area contributed by atoms with Gasteiger partial charge in [-0.3, -0.25) is 14.2 Å². The standard InChI is InChI=1S/C34H32ClN7O3/c1-21-7-4-8-23(17-21)42-30(38-26-10-5-9-25(35)28(26)34(42)44)27-11-6-16-41(27)32-29-31(36-19-37-32)40(20-39(2)33(29)43)18-22-12-14-24(45-3)15-13-22/h4-5,7-10,12-15,17,19,27H,6,11,16,18,20H2,1-3H3/t27-/m0/s1. The molecule has 4 heterocycles. The highest BCUT2D eigenvalue weighted by Gasteiger charge is 2.38. The van der Waals surface area contributed by atoms with Crippen LogP contribution in [0.5, 0.6) is 5.75 Å². The number of benzene rings is 3. The van der Waals surface area contributed by atoms with Gasteiger partial charge in [-0.05, 0) is 67.3 Å². The zero-order valence-corrected chi connectivity index (χ0v) is 26.0. The SMILES string of the molecule is COc1ccc(CN2CN(C)C(=O)c3c2ncnc3N2CCC[C@H]2c2nc3cccc(Cl)c3c(=O)n2-c2cccc(C)c2)cc1. The van der Waals surface area contributed by atoms with E-state index in [2.05, 4.69) is 14.8 Å². The number of fused-ring (bicyclic) bond motifs is 2. The number of carbonyl (C=O) groups excluding carboxylic acids is 1. The zero-order chi connectivity index (χ0) is 31.2. The Kier molecular flexibility index (Phi) is 7.37. The second-order valence-corrected chi connectivity index (χ2v) is 11.9. The molecular formula is C34H32ClN7O3. The number of hydrogen-bond acceptors (Lipinski definition) is 8. The Morgan fingerprint density at radius 2 is 1.78 bits per heavy atom. The molecule has 2 aromatic heterocycles. The highest BCUT2D eigenvalue weighted by Crippen LogP contribution is 2.40. The van der Waals surface area contributed by atoms with Crippen LogP contribution in [0.3, 0.4) is 0 Å². The first-order chi connectivity index (χ1) is 21.8. The van der Waals surface area contributed by atoms with Crippen LogP contribution in [0.1, 0.15) is 46.2 Å². The van der Waals surface area contributed by atoms with Gasteiger partial charge in [-0.1, -0.05) is 41.9 Å². The molecule has 5 aromatic rings. The van der Waals surface area contributed by atoms with Gasteiger partial charge in [-0.2, -0.15) is 0 Å². The molecule has 0 bridgehead atoms. The first-order valence-corrected chi connectivity index (χ1v) is 15.2. The number of amides is 1. The number of halogens is 1. The van der Waals surface area contributed by atoms with E-state index in [-0.39, 0.29) is 17.5 Å². The summed E-state index contributed by atoms with van der Waals surface area (Å²) in [5.74, 6) is 2.33. The highest BCUT2D eigenvalue weighted by atomic mass is 35.5. The maximum absolute atomic E-state index is 14.2. The Hall–Kier alpha value is -4.96. The minimum atomic E-state index is -0.323. The first-order valence-electron chi connectivity index (χ1n) is 14.9. The number of aromatic nitrogens is 4. The van der Waals surface area contributed by atoms with Gasteiger partial charge in [0.15, 0.2) is 0 Å². The van der Waals surface area contributed by atoms with Gasteiger partial charge >= 0.3 is 0 Å². The predicted octanol–water partition coefficient (Wildman–Crippen LogP) is 5.54. The third-order valence-electron chi connectivity index (χ3n) is 8.54. The van der Waals surface area contributed by atoms with Gasteiger partial charge in [0.2, 0.25) is 0 Å². The number of carbonyl (C=O) groups is 1. The first kappa shape index (κ1) is 28.8. The highest BCUT2D eigenvalue weighted by molar-refractivity contribution is 6.35. The maximum Gasteiger partial charge on any atom is 0.267 e. The molecule has 1 saturated heterocycles. The molecule has 0 unspecified atom stereocenters. The van der Waals surface area contributed by atoms with Gasteiger partial charge in [0.1, 0.15) is 35.1 Å². The molecule has 11 heteroatoms. The molecule has 0 N–H and O–H groups in total. The van der Waals surface area contributed by atoms with Crippen LogP contribution in [-0.2, 0) is 6.54 Å². The lowest BCUT2D eigenvalue weighted by Crippen LogP contribution is -2.46. The second-order valence-electron chi connectivity index (χ2n) is 11.5. The van der Waals surface area contributed by atoms with E-state index in [0.717, 1.165) is 29.7 Å². The summed E-state index contributed by atoms with van der Waals surface area (Å²) in [7, 11) is 3.43. The number of methoxy groups -OCH3 is 1. The van der Waals surface area contributed by atoms with E-state index in [1.165, 1.54) is 6.33 Å². The van der Waals surface area contributed by atoms with Gasteiger partial charge in [0.25, 0.3) is 11.5 Å². The van der Waals surface area contributed by atoms with Crippen LogP contribution in [0.15, 0.2) is 77.9 Å². The normalized spacial score (nSPS) is 16.4. The molecule has 2 aliphatic heterocycles. The summed E-state index contributed by atoms with van der Waals surface area (Å²) < 4.78 is 6.99. The Morgan fingerprint density at radius 3 is 2.56 bits per heavy atom. The lowest BCUT2D eigenvalue weighted by molar-refractivity contribution is 0.0780. The van der Waals surface area contributed by atoms with Crippen molar-refractivity contribution in [2.45, 2.75) is 32.4 Å². The summed E-state index contributed by atoms with van der Waals surface area (Å²) in [6.07, 6.45) is 3.08. The Bertz CT molecular complexity index is 2000. The molecule has 3 aromatic carbocycles. The number of hydrogen-bond donors (Lipinski definition) is 0. The largest absolute Gasteiger partial charge is 0.497 e. The Labute approximate surface area is 265 Å². The van der Waals surface area contributed by atoms with E-state index >= 15 is 0 Å². The summed E-state index contributed by atoms with van der Waals surface area (Å²) in [6, 6.07) is 20.7. The Morgan fingerprint density at radius 1 is 1.00 bits per heavy atom. The molecule has 1 amide bonds. The molecule has 0 spiro atoms. The fourth-order valence-corrected chi connectivity index (χ4v) is 6.66. The van der Waals surface area contributed by atoms with Crippen LogP contribution < -0.4 is 20.1 Å². The van der Waals surface area contributed by atoms with Crippen molar-refractivity contribution in [2.24, 2.45) is 0 Å². The van der Waals surface area contributed by atoms with Crippen LogP contribution in [0.2, 0.25) is 5.02 Å². The molecule has 45 heavy (non-hydrogen) atoms. The van der Waals surface area contributed by atoms with Gasteiger partial charge < -0.3 is 19.4 Å². The number of aryl methyl sites for hydroxylation is 1. The van der Waals surface area contributed by atoms with Gasteiger partial charge in [-0.25, -0.2) is 15.0 Å². The van der Waals surface area contributed by atoms with E-state index in [0.29, 0.717) is 64.4 Å². The molecule has 0 aliphatic carbocycles. The van der Waals surface area contributed by atoms with Crippen molar-refractivity contribution >= 4 is 40.0 Å². The Balaban J connectivity index is 1.36. The molecule has 0 saturated carbocycles. The lowest BCUT2D eigenvalue weighted by atomic mass is 10.1. The molecule has 1 atom stereocenters. The molecule has 1 fully saturated rings. The van der Waals surface area contributed by atoms with Crippen LogP contribution >= 0.6 is 11.6 Å². The zero-order valence-electron chi connectivity index (χ0n) is 25.3. The van der Waals surface area contributed by atoms with E-state index < -0.39 is 0 Å². The number of rotatable bonds is 6. The molecule has 228 valence electrons. The van der Waals surface area contributed by atoms with Gasteiger partial charge in [-0.15, -0.1) is 0 Å². The molecule has 0 radical (unpaired) electrons. The minimum absolute atomic E-state index is 0.147. The third-order valence-corrected chi connectivity index (χ3v) is 8.85. The minimum Gasteiger partial charge on any atom is -0.497 e. The van der Waals surface area contributed by atoms with Crippen LogP contribution in [0.25, 0.3) is 16.6 Å². The average molecular weight is 622 g/mol. The third kappa shape index (κ3) is 5.04. The number of nitrogens with zero attached hydrogens (tertiary/aromatic N) is 7. The van der Waals surface area contributed by atoms with E-state index in [9.17, 15) is 9.59 Å². The molecular weight excluding hydrogens is 590 g/mol. The lowest BCUT2D eigenvalue weighted by Gasteiger charge is -2.37. The number of ether oxygens (including phenoxy) is 1. The maximum atomic E-state index is 14.2. The second kappa shape index (κ2) is 11.5. The van der Waals surface area contributed by atoms with Crippen LogP contribution in [0.4, 0.5) is 11.6 Å². The average Bonchev–Trinajstić information content (AvgIpc) is 3.53. The van der Waals surface area contributed by atoms with Crippen molar-refractivity contribution in [1.29, 1.82) is 0 Å². The summed E-state index contributed by atoms with van der Waals surface area (Å²) in [5, 5.41) is 0.732. The summed E-state index contributed by atoms with van der Waals surface area (Å²) in [6.45, 7) is 3.57. The predicted molar refractivity (Wildman–Crippen MR) is 175 cm³/mol. The summed E-state index contributed by atoms with van der Waals surface area (Å²) in [5.41, 5.74) is 3.53. The van der Waals surface area contributed by atoms with Crippen LogP contribution in [0, 0.1) is 6.92 Å². The van der Waals surface area contributed by atoms with E-state index in [4.69, 9.17) is 26.3 Å². The van der Waals surface area contributed by atoms with E-state index in [1.54, 1.807) is 35.8 Å². The quantitative estimate of drug-likeness (QED) is 0.244. The van der Waals surface area contributed by atoms with Crippen molar-refractivity contribution in [3.63, 3.8) is 0 Å². The topological polar surface area (TPSA) is 96.7 Å².